The van der Waals surface area contributed by atoms with Crippen molar-refractivity contribution in [2.75, 3.05) is 24.5 Å². The van der Waals surface area contributed by atoms with E-state index in [1.165, 1.54) is 17.0 Å². The third kappa shape index (κ3) is 4.59. The van der Waals surface area contributed by atoms with E-state index in [1.54, 1.807) is 17.0 Å². The quantitative estimate of drug-likeness (QED) is 0.189. The lowest BCUT2D eigenvalue weighted by Crippen LogP contribution is -2.38. The van der Waals surface area contributed by atoms with Crippen LogP contribution >= 0.6 is 0 Å². The number of amides is 2. The monoisotopic (exact) mass is 636 g/mol. The summed E-state index contributed by atoms with van der Waals surface area (Å²) in [5, 5.41) is 15.8. The van der Waals surface area contributed by atoms with Crippen LogP contribution in [0.2, 0.25) is 0 Å². The Morgan fingerprint density at radius 2 is 1.31 bits per heavy atom. The highest BCUT2D eigenvalue weighted by Crippen LogP contribution is 2.46. The van der Waals surface area contributed by atoms with Crippen molar-refractivity contribution in [3.63, 3.8) is 0 Å². The molecule has 2 amide bonds. The fourth-order valence-corrected chi connectivity index (χ4v) is 7.74. The number of carbonyl (C=O) groups excluding carboxylic acids is 1. The number of likely N-dealkylation sites (tertiary alicyclic amines) is 1. The molecule has 2 saturated heterocycles. The lowest BCUT2D eigenvalue weighted by atomic mass is 9.77. The van der Waals surface area contributed by atoms with Crippen LogP contribution in [0.25, 0.3) is 22.2 Å². The molecule has 0 bridgehead atoms. The highest BCUT2D eigenvalue weighted by atomic mass is 19.1. The van der Waals surface area contributed by atoms with Gasteiger partial charge in [-0.2, -0.15) is 5.10 Å². The zero-order valence-corrected chi connectivity index (χ0v) is 26.2. The second kappa shape index (κ2) is 11.5. The van der Waals surface area contributed by atoms with E-state index in [1.807, 2.05) is 72.8 Å². The molecule has 5 aromatic carbocycles. The summed E-state index contributed by atoms with van der Waals surface area (Å²) in [6, 6.07) is 43.2. The molecule has 8 rings (SSSR count). The molecule has 2 aliphatic heterocycles. The maximum Gasteiger partial charge on any atom is 0.407 e. The molecular weight excluding hydrogens is 603 g/mol. The van der Waals surface area contributed by atoms with Gasteiger partial charge in [0.2, 0.25) is 5.91 Å². The molecule has 48 heavy (non-hydrogen) atoms. The number of hydrogen-bond donors (Lipinski definition) is 1. The number of carbonyl (C=O) groups is 2. The van der Waals surface area contributed by atoms with E-state index >= 15 is 0 Å². The SMILES string of the molecule is O=C(O)N1CCC2(CCN(c3ccc4c(c3)c(-c3ccc(F)cc3)nn4C(c3ccccc3)(c3ccccc3)c3ccccc3)C2=O)C1. The van der Waals surface area contributed by atoms with Crippen molar-refractivity contribution in [3.8, 4) is 11.3 Å². The molecule has 7 nitrogen and oxygen atoms in total. The third-order valence-corrected chi connectivity index (χ3v) is 10.1. The van der Waals surface area contributed by atoms with Crippen LogP contribution in [-0.4, -0.2) is 51.4 Å². The first kappa shape index (κ1) is 29.6. The summed E-state index contributed by atoms with van der Waals surface area (Å²) in [4.78, 5) is 28.8. The molecule has 1 aromatic heterocycles. The van der Waals surface area contributed by atoms with Crippen molar-refractivity contribution >= 4 is 28.6 Å². The van der Waals surface area contributed by atoms with Gasteiger partial charge >= 0.3 is 6.09 Å². The molecule has 6 aromatic rings. The lowest BCUT2D eigenvalue weighted by molar-refractivity contribution is -0.124. The van der Waals surface area contributed by atoms with Crippen LogP contribution < -0.4 is 4.90 Å². The lowest BCUT2D eigenvalue weighted by Gasteiger charge is -2.37. The molecule has 1 unspecified atom stereocenters. The highest BCUT2D eigenvalue weighted by molar-refractivity contribution is 6.04. The Kier molecular flexibility index (Phi) is 7.09. The van der Waals surface area contributed by atoms with Gasteiger partial charge in [-0.05, 0) is 72.0 Å². The van der Waals surface area contributed by atoms with E-state index in [0.29, 0.717) is 31.6 Å². The van der Waals surface area contributed by atoms with Crippen LogP contribution in [-0.2, 0) is 10.3 Å². The predicted octanol–water partition coefficient (Wildman–Crippen LogP) is 7.79. The number of anilines is 1. The number of aromatic nitrogens is 2. The normalized spacial score (nSPS) is 17.9. The van der Waals surface area contributed by atoms with E-state index < -0.39 is 17.0 Å². The Hall–Kier alpha value is -5.76. The summed E-state index contributed by atoms with van der Waals surface area (Å²) in [6.07, 6.45) is 0.120. The molecule has 3 heterocycles. The molecule has 0 aliphatic carbocycles. The molecule has 238 valence electrons. The van der Waals surface area contributed by atoms with Gasteiger partial charge in [0.05, 0.1) is 10.9 Å². The van der Waals surface area contributed by atoms with Gasteiger partial charge in [-0.3, -0.25) is 4.79 Å². The van der Waals surface area contributed by atoms with Gasteiger partial charge in [0, 0.05) is 36.3 Å². The average molecular weight is 637 g/mol. The Morgan fingerprint density at radius 3 is 1.85 bits per heavy atom. The van der Waals surface area contributed by atoms with E-state index in [9.17, 15) is 19.1 Å². The minimum Gasteiger partial charge on any atom is -0.465 e. The van der Waals surface area contributed by atoms with E-state index in [0.717, 1.165) is 38.8 Å². The number of hydrogen-bond acceptors (Lipinski definition) is 3. The Morgan fingerprint density at radius 1 is 0.750 bits per heavy atom. The first-order valence-electron chi connectivity index (χ1n) is 16.2. The maximum absolute atomic E-state index is 14.2. The highest BCUT2D eigenvalue weighted by Gasteiger charge is 2.52. The molecule has 1 atom stereocenters. The predicted molar refractivity (Wildman–Crippen MR) is 183 cm³/mol. The molecule has 2 fully saturated rings. The number of carboxylic acid groups (broad SMARTS) is 1. The van der Waals surface area contributed by atoms with Crippen molar-refractivity contribution in [2.45, 2.75) is 18.4 Å². The molecule has 0 radical (unpaired) electrons. The van der Waals surface area contributed by atoms with Crippen LogP contribution in [0.1, 0.15) is 29.5 Å². The molecular formula is C40H33FN4O3. The second-order valence-electron chi connectivity index (χ2n) is 12.7. The first-order chi connectivity index (χ1) is 23.4. The van der Waals surface area contributed by atoms with Crippen LogP contribution in [0.4, 0.5) is 14.9 Å². The van der Waals surface area contributed by atoms with Gasteiger partial charge in [0.1, 0.15) is 17.1 Å². The molecule has 1 N–H and O–H groups in total. The molecule has 2 aliphatic rings. The van der Waals surface area contributed by atoms with Crippen LogP contribution in [0.15, 0.2) is 133 Å². The van der Waals surface area contributed by atoms with Crippen LogP contribution in [0.5, 0.6) is 0 Å². The smallest absolute Gasteiger partial charge is 0.407 e. The Bertz CT molecular complexity index is 2040. The molecule has 1 spiro atoms. The summed E-state index contributed by atoms with van der Waals surface area (Å²) < 4.78 is 16.3. The van der Waals surface area contributed by atoms with Gasteiger partial charge in [-0.15, -0.1) is 0 Å². The van der Waals surface area contributed by atoms with Crippen molar-refractivity contribution < 1.29 is 19.1 Å². The Labute approximate surface area is 277 Å². The fourth-order valence-electron chi connectivity index (χ4n) is 7.74. The minimum absolute atomic E-state index is 0.0477. The first-order valence-corrected chi connectivity index (χ1v) is 16.2. The topological polar surface area (TPSA) is 78.7 Å². The third-order valence-electron chi connectivity index (χ3n) is 10.1. The van der Waals surface area contributed by atoms with Crippen LogP contribution in [0, 0.1) is 11.2 Å². The number of nitrogens with zero attached hydrogens (tertiary/aromatic N) is 4. The van der Waals surface area contributed by atoms with Gasteiger partial charge < -0.3 is 14.9 Å². The summed E-state index contributed by atoms with van der Waals surface area (Å²) >= 11 is 0. The van der Waals surface area contributed by atoms with Gasteiger partial charge in [-0.1, -0.05) is 91.0 Å². The van der Waals surface area contributed by atoms with Gasteiger partial charge in [0.25, 0.3) is 0 Å². The summed E-state index contributed by atoms with van der Waals surface area (Å²) in [5.74, 6) is -0.385. The second-order valence-corrected chi connectivity index (χ2v) is 12.7. The van der Waals surface area contributed by atoms with Crippen molar-refractivity contribution in [1.29, 1.82) is 0 Å². The van der Waals surface area contributed by atoms with Gasteiger partial charge in [-0.25, -0.2) is 13.9 Å². The summed E-state index contributed by atoms with van der Waals surface area (Å²) in [7, 11) is 0. The molecule has 0 saturated carbocycles. The molecule has 8 heteroatoms. The zero-order valence-electron chi connectivity index (χ0n) is 26.2. The van der Waals surface area contributed by atoms with Crippen molar-refractivity contribution in [1.82, 2.24) is 14.7 Å². The summed E-state index contributed by atoms with van der Waals surface area (Å²) in [5.41, 5.74) is 4.43. The summed E-state index contributed by atoms with van der Waals surface area (Å²) in [6.45, 7) is 1.07. The van der Waals surface area contributed by atoms with E-state index in [2.05, 4.69) is 41.1 Å². The maximum atomic E-state index is 14.2. The van der Waals surface area contributed by atoms with E-state index in [-0.39, 0.29) is 18.3 Å². The number of benzene rings is 5. The van der Waals surface area contributed by atoms with Crippen molar-refractivity contribution in [3.05, 3.63) is 156 Å². The van der Waals surface area contributed by atoms with Crippen LogP contribution in [0.3, 0.4) is 0 Å². The van der Waals surface area contributed by atoms with E-state index in [4.69, 9.17) is 5.10 Å². The fraction of sp³-hybridized carbons (Fsp3) is 0.175. The standard InChI is InChI=1S/C40H33FN4O3/c41-32-18-16-28(17-19-32)36-34-26-33(44-25-23-39(37(44)46)22-24-43(27-39)38(47)48)20-21-35(34)45(42-36)40(29-10-4-1-5-11-29,30-12-6-2-7-13-30)31-14-8-3-9-15-31/h1-21,26H,22-25,27H2,(H,47,48). The van der Waals surface area contributed by atoms with Gasteiger partial charge in [0.15, 0.2) is 0 Å². The van der Waals surface area contributed by atoms with Crippen molar-refractivity contribution in [2.24, 2.45) is 5.41 Å². The average Bonchev–Trinajstić information content (AvgIpc) is 3.83. The Balaban J connectivity index is 1.37. The largest absolute Gasteiger partial charge is 0.465 e. The number of rotatable bonds is 6. The minimum atomic E-state index is -0.991. The number of halogens is 1. The number of fused-ring (bicyclic) bond motifs is 1. The zero-order chi connectivity index (χ0) is 32.9.